The standard InChI is InChI=1S/C19H15F3N4O2/c20-19(21,22)14-3-1-2-13(8-14)9-26-10-17(23-12-26)25-18(28)7-6-15-4-5-16(11-27)24-15/h1-8,10-12,15H,9H2,(H,25,28)/b7-6+. The number of aliphatic imine (C=N–C) groups is 1. The number of carbonyl (C=O) groups is 2. The molecule has 2 aromatic rings. The molecule has 144 valence electrons. The SMILES string of the molecule is O=CC1=NC(/C=C/C(=O)Nc2cn(Cc3cccc(C(F)(F)F)c3)cn2)C=C1. The molecule has 1 aromatic carbocycles. The maximum atomic E-state index is 12.8. The first-order chi connectivity index (χ1) is 13.3. The van der Waals surface area contributed by atoms with Gasteiger partial charge < -0.3 is 9.88 Å². The van der Waals surface area contributed by atoms with E-state index in [4.69, 9.17) is 0 Å². The summed E-state index contributed by atoms with van der Waals surface area (Å²) in [4.78, 5) is 30.6. The molecule has 0 aliphatic carbocycles. The van der Waals surface area contributed by atoms with Gasteiger partial charge in [0, 0.05) is 18.8 Å². The lowest BCUT2D eigenvalue weighted by atomic mass is 10.1. The zero-order valence-electron chi connectivity index (χ0n) is 14.4. The van der Waals surface area contributed by atoms with E-state index in [0.29, 0.717) is 17.6 Å². The number of aromatic nitrogens is 2. The average molecular weight is 388 g/mol. The largest absolute Gasteiger partial charge is 0.416 e. The lowest BCUT2D eigenvalue weighted by Gasteiger charge is -2.09. The predicted molar refractivity (Wildman–Crippen MR) is 97.0 cm³/mol. The molecule has 1 atom stereocenters. The molecule has 2 heterocycles. The number of hydrogen-bond acceptors (Lipinski definition) is 4. The molecule has 1 N–H and O–H groups in total. The van der Waals surface area contributed by atoms with E-state index in [0.717, 1.165) is 12.1 Å². The second kappa shape index (κ2) is 8.03. The summed E-state index contributed by atoms with van der Waals surface area (Å²) in [7, 11) is 0. The van der Waals surface area contributed by atoms with E-state index in [1.807, 2.05) is 0 Å². The zero-order chi connectivity index (χ0) is 20.1. The van der Waals surface area contributed by atoms with Gasteiger partial charge in [-0.3, -0.25) is 14.6 Å². The van der Waals surface area contributed by atoms with Crippen molar-refractivity contribution in [3.63, 3.8) is 0 Å². The van der Waals surface area contributed by atoms with Crippen molar-refractivity contribution >= 4 is 23.7 Å². The van der Waals surface area contributed by atoms with Crippen LogP contribution in [-0.2, 0) is 22.3 Å². The molecule has 1 unspecified atom stereocenters. The summed E-state index contributed by atoms with van der Waals surface area (Å²) >= 11 is 0. The molecule has 0 fully saturated rings. The minimum Gasteiger partial charge on any atom is -0.331 e. The molecule has 0 bridgehead atoms. The Morgan fingerprint density at radius 3 is 2.86 bits per heavy atom. The second-order valence-electron chi connectivity index (χ2n) is 6.00. The number of benzene rings is 1. The van der Waals surface area contributed by atoms with Crippen LogP contribution in [0.5, 0.6) is 0 Å². The molecule has 0 radical (unpaired) electrons. The molecular formula is C19H15F3N4O2. The number of nitrogens with one attached hydrogen (secondary N) is 1. The van der Waals surface area contributed by atoms with Crippen molar-refractivity contribution in [1.29, 1.82) is 0 Å². The minimum atomic E-state index is -4.40. The summed E-state index contributed by atoms with van der Waals surface area (Å²) in [5.74, 6) is -0.173. The number of nitrogens with zero attached hydrogens (tertiary/aromatic N) is 3. The zero-order valence-corrected chi connectivity index (χ0v) is 14.4. The van der Waals surface area contributed by atoms with Crippen LogP contribution in [-0.4, -0.2) is 33.5 Å². The molecule has 0 spiro atoms. The molecule has 0 saturated heterocycles. The summed E-state index contributed by atoms with van der Waals surface area (Å²) in [6.45, 7) is 0.179. The molecule has 6 nitrogen and oxygen atoms in total. The third-order valence-corrected chi connectivity index (χ3v) is 3.83. The number of allylic oxidation sites excluding steroid dienone is 1. The highest BCUT2D eigenvalue weighted by Crippen LogP contribution is 2.29. The number of rotatable bonds is 6. The second-order valence-corrected chi connectivity index (χ2v) is 6.00. The van der Waals surface area contributed by atoms with Crippen molar-refractivity contribution in [1.82, 2.24) is 9.55 Å². The van der Waals surface area contributed by atoms with Crippen molar-refractivity contribution in [3.05, 3.63) is 72.2 Å². The first kappa shape index (κ1) is 19.3. The van der Waals surface area contributed by atoms with Crippen LogP contribution in [0.15, 0.2) is 66.1 Å². The van der Waals surface area contributed by atoms with Crippen LogP contribution in [0, 0.1) is 0 Å². The molecule has 1 aliphatic heterocycles. The Kier molecular flexibility index (Phi) is 5.53. The van der Waals surface area contributed by atoms with Crippen LogP contribution in [0.25, 0.3) is 0 Å². The fraction of sp³-hybridized carbons (Fsp3) is 0.158. The Morgan fingerprint density at radius 1 is 1.32 bits per heavy atom. The van der Waals surface area contributed by atoms with Gasteiger partial charge in [-0.05, 0) is 23.8 Å². The molecule has 3 rings (SSSR count). The molecule has 1 aromatic heterocycles. The lowest BCUT2D eigenvalue weighted by Crippen LogP contribution is -2.09. The first-order valence-corrected chi connectivity index (χ1v) is 8.22. The van der Waals surface area contributed by atoms with Crippen molar-refractivity contribution in [2.75, 3.05) is 5.32 Å². The van der Waals surface area contributed by atoms with E-state index in [2.05, 4.69) is 15.3 Å². The topological polar surface area (TPSA) is 76.3 Å². The van der Waals surface area contributed by atoms with Crippen LogP contribution in [0.4, 0.5) is 19.0 Å². The van der Waals surface area contributed by atoms with Gasteiger partial charge in [0.05, 0.1) is 23.6 Å². The number of anilines is 1. The highest BCUT2D eigenvalue weighted by molar-refractivity contribution is 6.34. The number of alkyl halides is 3. The number of halogens is 3. The minimum absolute atomic E-state index is 0.179. The smallest absolute Gasteiger partial charge is 0.331 e. The fourth-order valence-corrected chi connectivity index (χ4v) is 2.55. The summed E-state index contributed by atoms with van der Waals surface area (Å²) in [6.07, 6.45) is 5.21. The third kappa shape index (κ3) is 5.03. The Hall–Kier alpha value is -3.49. The highest BCUT2D eigenvalue weighted by atomic mass is 19.4. The summed E-state index contributed by atoms with van der Waals surface area (Å²) < 4.78 is 39.9. The van der Waals surface area contributed by atoms with Gasteiger partial charge in [-0.1, -0.05) is 24.3 Å². The number of carbonyl (C=O) groups excluding carboxylic acids is 2. The van der Waals surface area contributed by atoms with Crippen molar-refractivity contribution in [2.24, 2.45) is 4.99 Å². The maximum Gasteiger partial charge on any atom is 0.416 e. The van der Waals surface area contributed by atoms with Gasteiger partial charge in [-0.15, -0.1) is 0 Å². The van der Waals surface area contributed by atoms with E-state index >= 15 is 0 Å². The maximum absolute atomic E-state index is 12.8. The summed E-state index contributed by atoms with van der Waals surface area (Å²) in [6, 6.07) is 4.64. The number of imidazole rings is 1. The quantitative estimate of drug-likeness (QED) is 0.611. The predicted octanol–water partition coefficient (Wildman–Crippen LogP) is 3.02. The van der Waals surface area contributed by atoms with E-state index in [1.165, 1.54) is 30.7 Å². The van der Waals surface area contributed by atoms with Crippen molar-refractivity contribution in [2.45, 2.75) is 18.8 Å². The van der Waals surface area contributed by atoms with Crippen LogP contribution in [0.3, 0.4) is 0 Å². The normalized spacial score (nSPS) is 16.4. The van der Waals surface area contributed by atoms with Gasteiger partial charge >= 0.3 is 6.18 Å². The number of aldehydes is 1. The van der Waals surface area contributed by atoms with Crippen LogP contribution < -0.4 is 5.32 Å². The molecule has 1 aliphatic rings. The monoisotopic (exact) mass is 388 g/mol. The summed E-state index contributed by atoms with van der Waals surface area (Å²) in [5.41, 5.74) is 0.0513. The summed E-state index contributed by atoms with van der Waals surface area (Å²) in [5, 5.41) is 2.55. The van der Waals surface area contributed by atoms with Crippen molar-refractivity contribution in [3.8, 4) is 0 Å². The highest BCUT2D eigenvalue weighted by Gasteiger charge is 2.30. The van der Waals surface area contributed by atoms with Gasteiger partial charge in [-0.2, -0.15) is 13.2 Å². The first-order valence-electron chi connectivity index (χ1n) is 8.22. The van der Waals surface area contributed by atoms with E-state index in [1.54, 1.807) is 22.8 Å². The number of amides is 1. The van der Waals surface area contributed by atoms with E-state index < -0.39 is 17.6 Å². The Morgan fingerprint density at radius 2 is 2.14 bits per heavy atom. The molecule has 9 heteroatoms. The van der Waals surface area contributed by atoms with Gasteiger partial charge in [-0.25, -0.2) is 4.98 Å². The van der Waals surface area contributed by atoms with Crippen LogP contribution >= 0.6 is 0 Å². The molecule has 0 saturated carbocycles. The van der Waals surface area contributed by atoms with Gasteiger partial charge in [0.2, 0.25) is 5.91 Å². The number of hydrogen-bond donors (Lipinski definition) is 1. The van der Waals surface area contributed by atoms with Crippen LogP contribution in [0.2, 0.25) is 0 Å². The Balaban J connectivity index is 1.59. The Labute approximate surface area is 158 Å². The molecule has 1 amide bonds. The van der Waals surface area contributed by atoms with E-state index in [-0.39, 0.29) is 18.4 Å². The molecule has 28 heavy (non-hydrogen) atoms. The van der Waals surface area contributed by atoms with Crippen LogP contribution in [0.1, 0.15) is 11.1 Å². The van der Waals surface area contributed by atoms with Gasteiger partial charge in [0.1, 0.15) is 0 Å². The van der Waals surface area contributed by atoms with E-state index in [9.17, 15) is 22.8 Å². The average Bonchev–Trinajstić information content (AvgIpc) is 3.29. The van der Waals surface area contributed by atoms with Crippen molar-refractivity contribution < 1.29 is 22.8 Å². The molecular weight excluding hydrogens is 373 g/mol. The third-order valence-electron chi connectivity index (χ3n) is 3.83. The fourth-order valence-electron chi connectivity index (χ4n) is 2.55. The van der Waals surface area contributed by atoms with Gasteiger partial charge in [0.25, 0.3) is 0 Å². The Bertz CT molecular complexity index is 974. The van der Waals surface area contributed by atoms with Gasteiger partial charge in [0.15, 0.2) is 12.1 Å². The lowest BCUT2D eigenvalue weighted by molar-refractivity contribution is -0.137.